The van der Waals surface area contributed by atoms with Crippen molar-refractivity contribution in [3.05, 3.63) is 0 Å². The van der Waals surface area contributed by atoms with Gasteiger partial charge in [0.25, 0.3) is 0 Å². The predicted octanol–water partition coefficient (Wildman–Crippen LogP) is 0.155. The van der Waals surface area contributed by atoms with Gasteiger partial charge in [-0.25, -0.2) is 9.34 Å². The van der Waals surface area contributed by atoms with Crippen LogP contribution >= 0.6 is 7.59 Å². The molecule has 116 valence electrons. The maximum absolute atomic E-state index is 13.1. The molecule has 0 radical (unpaired) electrons. The van der Waals surface area contributed by atoms with Crippen LogP contribution in [0.5, 0.6) is 0 Å². The number of nitrogens with one attached hydrogen (secondary N) is 1. The fourth-order valence-corrected chi connectivity index (χ4v) is 4.15. The quantitative estimate of drug-likeness (QED) is 0.583. The minimum Gasteiger partial charge on any atom is -0.347 e. The third kappa shape index (κ3) is 2.95. The lowest BCUT2D eigenvalue weighted by molar-refractivity contribution is 0.523. The Morgan fingerprint density at radius 2 is 1.33 bits per heavy atom. The summed E-state index contributed by atoms with van der Waals surface area (Å²) in [7, 11) is 4.74. The predicted molar refractivity (Wildman–Crippen MR) is 82.9 cm³/mol. The first-order valence-corrected chi connectivity index (χ1v) is 8.51. The Balaban J connectivity index is 1.91. The highest BCUT2D eigenvalue weighted by molar-refractivity contribution is 7.61. The van der Waals surface area contributed by atoms with Gasteiger partial charge in [0.1, 0.15) is 0 Å². The van der Waals surface area contributed by atoms with Crippen LogP contribution in [0.4, 0.5) is 17.8 Å². The summed E-state index contributed by atoms with van der Waals surface area (Å²) < 4.78 is 17.0. The Morgan fingerprint density at radius 3 is 1.67 bits per heavy atom. The molecule has 21 heavy (non-hydrogen) atoms. The Bertz CT molecular complexity index is 541. The van der Waals surface area contributed by atoms with E-state index in [0.29, 0.717) is 17.8 Å². The average molecular weight is 312 g/mol. The van der Waals surface area contributed by atoms with Crippen molar-refractivity contribution in [1.82, 2.24) is 24.3 Å². The summed E-state index contributed by atoms with van der Waals surface area (Å²) in [5.41, 5.74) is 0. The molecule has 2 saturated heterocycles. The van der Waals surface area contributed by atoms with Gasteiger partial charge in [-0.2, -0.15) is 15.0 Å². The second kappa shape index (κ2) is 5.08. The van der Waals surface area contributed by atoms with Crippen molar-refractivity contribution in [2.75, 3.05) is 69.3 Å². The zero-order chi connectivity index (χ0) is 15.2. The van der Waals surface area contributed by atoms with Gasteiger partial charge in [-0.05, 0) is 0 Å². The second-order valence-corrected chi connectivity index (χ2v) is 8.05. The number of aromatic nitrogens is 3. The van der Waals surface area contributed by atoms with Gasteiger partial charge in [0, 0.05) is 54.4 Å². The molecule has 0 aliphatic carbocycles. The van der Waals surface area contributed by atoms with Crippen LogP contribution in [0.15, 0.2) is 0 Å². The van der Waals surface area contributed by atoms with E-state index in [2.05, 4.69) is 20.0 Å². The molecule has 0 amide bonds. The summed E-state index contributed by atoms with van der Waals surface area (Å²) >= 11 is 0. The molecule has 3 heterocycles. The van der Waals surface area contributed by atoms with Gasteiger partial charge in [0.15, 0.2) is 0 Å². The average Bonchev–Trinajstić information content (AvgIpc) is 3.30. The van der Waals surface area contributed by atoms with Gasteiger partial charge in [0.2, 0.25) is 17.8 Å². The number of anilines is 3. The molecule has 2 fully saturated rings. The minimum atomic E-state index is -2.74. The van der Waals surface area contributed by atoms with E-state index in [1.165, 1.54) is 0 Å². The highest BCUT2D eigenvalue weighted by Crippen LogP contribution is 2.59. The number of hydrogen-bond donors (Lipinski definition) is 1. The summed E-state index contributed by atoms with van der Waals surface area (Å²) in [6.07, 6.45) is 0. The zero-order valence-corrected chi connectivity index (χ0v) is 13.7. The third-order valence-electron chi connectivity index (χ3n) is 3.27. The van der Waals surface area contributed by atoms with Crippen LogP contribution in [0.1, 0.15) is 0 Å². The van der Waals surface area contributed by atoms with E-state index in [1.807, 2.05) is 37.5 Å². The molecule has 10 heteroatoms. The molecule has 0 atom stereocenters. The van der Waals surface area contributed by atoms with Crippen molar-refractivity contribution in [3.8, 4) is 0 Å². The molecule has 1 N–H and O–H groups in total. The maximum atomic E-state index is 13.1. The molecule has 0 spiro atoms. The first kappa shape index (κ1) is 14.5. The monoisotopic (exact) mass is 312 g/mol. The molecule has 1 aromatic rings. The van der Waals surface area contributed by atoms with Gasteiger partial charge in [-0.3, -0.25) is 9.65 Å². The summed E-state index contributed by atoms with van der Waals surface area (Å²) in [6.45, 7) is 3.42. The van der Waals surface area contributed by atoms with Crippen LogP contribution in [-0.4, -0.2) is 78.7 Å². The van der Waals surface area contributed by atoms with Crippen LogP contribution in [0, 0.1) is 0 Å². The molecular formula is C11H21N8OP. The number of rotatable bonds is 6. The summed E-state index contributed by atoms with van der Waals surface area (Å²) in [6, 6.07) is 0. The summed E-state index contributed by atoms with van der Waals surface area (Å²) in [5.74, 6) is 1.44. The number of nitrogens with zero attached hydrogens (tertiary/aromatic N) is 7. The molecule has 1 aromatic heterocycles. The fraction of sp³-hybridized carbons (Fsp3) is 0.727. The lowest BCUT2D eigenvalue weighted by Gasteiger charge is -2.22. The van der Waals surface area contributed by atoms with E-state index < -0.39 is 7.59 Å². The molecular weight excluding hydrogens is 291 g/mol. The largest absolute Gasteiger partial charge is 0.347 e. The first-order chi connectivity index (χ1) is 9.90. The Hall–Kier alpha value is -1.44. The second-order valence-electron chi connectivity index (χ2n) is 5.61. The fourth-order valence-electron chi connectivity index (χ4n) is 1.89. The Labute approximate surface area is 124 Å². The van der Waals surface area contributed by atoms with Gasteiger partial charge < -0.3 is 9.80 Å². The molecule has 0 saturated carbocycles. The van der Waals surface area contributed by atoms with Crippen molar-refractivity contribution < 1.29 is 4.57 Å². The molecule has 2 aliphatic rings. The van der Waals surface area contributed by atoms with Crippen LogP contribution in [0.3, 0.4) is 0 Å². The Kier molecular flexibility index (Phi) is 3.51. The van der Waals surface area contributed by atoms with Crippen molar-refractivity contribution in [3.63, 3.8) is 0 Å². The first-order valence-electron chi connectivity index (χ1n) is 6.90. The maximum Gasteiger partial charge on any atom is 0.311 e. The molecule has 3 rings (SSSR count). The zero-order valence-electron chi connectivity index (χ0n) is 12.8. The summed E-state index contributed by atoms with van der Waals surface area (Å²) in [4.78, 5) is 16.7. The number of hydrogen-bond acceptors (Lipinski definition) is 6. The molecule has 0 unspecified atom stereocenters. The van der Waals surface area contributed by atoms with Gasteiger partial charge >= 0.3 is 7.59 Å². The van der Waals surface area contributed by atoms with Crippen molar-refractivity contribution in [1.29, 1.82) is 0 Å². The van der Waals surface area contributed by atoms with E-state index in [9.17, 15) is 4.57 Å². The smallest absolute Gasteiger partial charge is 0.311 e. The molecule has 0 bridgehead atoms. The van der Waals surface area contributed by atoms with Crippen LogP contribution in [0.2, 0.25) is 0 Å². The lowest BCUT2D eigenvalue weighted by atomic mass is 10.7. The van der Waals surface area contributed by atoms with Crippen molar-refractivity contribution >= 4 is 25.4 Å². The van der Waals surface area contributed by atoms with Crippen molar-refractivity contribution in [2.45, 2.75) is 0 Å². The standard InChI is InChI=1S/C11H21N8OP/c1-16(2)10-12-9(13-11(14-10)17(3)4)15-21(20,18-5-6-18)19-7-8-19/h5-8H2,1-4H3,(H,12,13,14,15,20). The molecule has 2 aliphatic heterocycles. The topological polar surface area (TPSA) is 80.3 Å². The highest BCUT2D eigenvalue weighted by Gasteiger charge is 2.48. The van der Waals surface area contributed by atoms with Gasteiger partial charge in [-0.1, -0.05) is 0 Å². The summed E-state index contributed by atoms with van der Waals surface area (Å²) in [5, 5.41) is 3.06. The van der Waals surface area contributed by atoms with Gasteiger partial charge in [-0.15, -0.1) is 0 Å². The van der Waals surface area contributed by atoms with Crippen LogP contribution < -0.4 is 14.9 Å². The molecule has 0 aromatic carbocycles. The van der Waals surface area contributed by atoms with E-state index in [4.69, 9.17) is 0 Å². The van der Waals surface area contributed by atoms with E-state index in [0.717, 1.165) is 26.2 Å². The normalized spacial score (nSPS) is 18.5. The Morgan fingerprint density at radius 1 is 0.905 bits per heavy atom. The lowest BCUT2D eigenvalue weighted by Crippen LogP contribution is -2.21. The van der Waals surface area contributed by atoms with E-state index in [1.54, 1.807) is 9.80 Å². The third-order valence-corrected chi connectivity index (χ3v) is 6.10. The van der Waals surface area contributed by atoms with Gasteiger partial charge in [0.05, 0.1) is 0 Å². The molecule has 9 nitrogen and oxygen atoms in total. The highest BCUT2D eigenvalue weighted by atomic mass is 31.2. The van der Waals surface area contributed by atoms with E-state index >= 15 is 0 Å². The van der Waals surface area contributed by atoms with E-state index in [-0.39, 0.29) is 0 Å². The van der Waals surface area contributed by atoms with Crippen LogP contribution in [-0.2, 0) is 4.57 Å². The van der Waals surface area contributed by atoms with Crippen molar-refractivity contribution in [2.24, 2.45) is 0 Å². The van der Waals surface area contributed by atoms with Crippen LogP contribution in [0.25, 0.3) is 0 Å². The SMILES string of the molecule is CN(C)c1nc(NP(=O)(N2CC2)N2CC2)nc(N(C)C)n1. The minimum absolute atomic E-state index is 0.361.